The van der Waals surface area contributed by atoms with Gasteiger partial charge < -0.3 is 5.48 Å². The van der Waals surface area contributed by atoms with E-state index in [2.05, 4.69) is 0 Å². The fourth-order valence-corrected chi connectivity index (χ4v) is 0.346. The fraction of sp³-hybridized carbons (Fsp3) is 0.667. The molecule has 3 nitrogen and oxygen atoms in total. The summed E-state index contributed by atoms with van der Waals surface area (Å²) in [6.07, 6.45) is 1.20. The van der Waals surface area contributed by atoms with Crippen LogP contribution in [0.1, 0.15) is 19.8 Å². The average molecular weight is 126 g/mol. The summed E-state index contributed by atoms with van der Waals surface area (Å²) < 4.78 is 0. The van der Waals surface area contributed by atoms with E-state index < -0.39 is 0 Å². The van der Waals surface area contributed by atoms with Crippen molar-refractivity contribution in [2.24, 2.45) is 5.92 Å². The van der Waals surface area contributed by atoms with Crippen LogP contribution in [0.4, 0.5) is 0 Å². The second kappa shape index (κ2) is 6.94. The molecule has 0 heterocycles. The van der Waals surface area contributed by atoms with Gasteiger partial charge in [-0.15, -0.1) is 0 Å². The number of hydrogen-bond donors (Lipinski definition) is 0. The number of nitriles is 2. The molecule has 1 atom stereocenters. The van der Waals surface area contributed by atoms with Gasteiger partial charge in [0.25, 0.3) is 0 Å². The molecule has 0 aliphatic rings. The second-order valence-corrected chi connectivity index (χ2v) is 1.73. The lowest BCUT2D eigenvalue weighted by Gasteiger charge is -1.91. The third-order valence-corrected chi connectivity index (χ3v) is 0.910. The highest BCUT2D eigenvalue weighted by Crippen LogP contribution is 2.00. The quantitative estimate of drug-likeness (QED) is 0.543. The molecule has 9 heavy (non-hydrogen) atoms. The van der Waals surface area contributed by atoms with Gasteiger partial charge in [0, 0.05) is 12.3 Å². The molecule has 0 amide bonds. The van der Waals surface area contributed by atoms with Gasteiger partial charge in [0.05, 0.1) is 12.1 Å². The maximum absolute atomic E-state index is 8.20. The van der Waals surface area contributed by atoms with Crippen LogP contribution in [-0.4, -0.2) is 5.48 Å². The van der Waals surface area contributed by atoms with Crippen LogP contribution in [0.5, 0.6) is 0 Å². The normalized spacial score (nSPS) is 10.1. The van der Waals surface area contributed by atoms with Crippen LogP contribution in [-0.2, 0) is 0 Å². The Kier molecular flexibility index (Phi) is 8.36. The van der Waals surface area contributed by atoms with Crippen LogP contribution in [0.15, 0.2) is 0 Å². The van der Waals surface area contributed by atoms with Gasteiger partial charge in [0.1, 0.15) is 0 Å². The zero-order chi connectivity index (χ0) is 6.41. The van der Waals surface area contributed by atoms with Crippen molar-refractivity contribution in [2.75, 3.05) is 0 Å². The van der Waals surface area contributed by atoms with Crippen molar-refractivity contribution in [3.05, 3.63) is 0 Å². The van der Waals surface area contributed by atoms with Gasteiger partial charge in [-0.05, 0) is 13.3 Å². The summed E-state index contributed by atoms with van der Waals surface area (Å²) in [5.41, 5.74) is 0. The van der Waals surface area contributed by atoms with E-state index in [-0.39, 0.29) is 11.4 Å². The molecule has 0 aromatic carbocycles. The van der Waals surface area contributed by atoms with Gasteiger partial charge in [-0.2, -0.15) is 10.5 Å². The Bertz CT molecular complexity index is 131. The SMILES string of the molecule is CC(C#N)CCC#N.O. The molecule has 2 N–H and O–H groups in total. The van der Waals surface area contributed by atoms with Gasteiger partial charge in [-0.3, -0.25) is 0 Å². The first kappa shape index (κ1) is 10.8. The Morgan fingerprint density at radius 1 is 1.44 bits per heavy atom. The van der Waals surface area contributed by atoms with Crippen LogP contribution >= 0.6 is 0 Å². The monoisotopic (exact) mass is 126 g/mol. The molecule has 0 aromatic rings. The molecule has 0 saturated carbocycles. The third kappa shape index (κ3) is 6.94. The summed E-state index contributed by atoms with van der Waals surface area (Å²) in [4.78, 5) is 0. The van der Waals surface area contributed by atoms with E-state index in [0.29, 0.717) is 12.8 Å². The molecule has 0 aromatic heterocycles. The highest BCUT2D eigenvalue weighted by Gasteiger charge is 1.95. The van der Waals surface area contributed by atoms with E-state index in [1.165, 1.54) is 0 Å². The first-order valence-corrected chi connectivity index (χ1v) is 2.58. The van der Waals surface area contributed by atoms with Crippen molar-refractivity contribution in [1.82, 2.24) is 0 Å². The van der Waals surface area contributed by atoms with Gasteiger partial charge in [0.15, 0.2) is 0 Å². The Morgan fingerprint density at radius 3 is 2.33 bits per heavy atom. The summed E-state index contributed by atoms with van der Waals surface area (Å²) in [5, 5.41) is 16.3. The summed E-state index contributed by atoms with van der Waals surface area (Å²) in [7, 11) is 0. The van der Waals surface area contributed by atoms with E-state index in [1.54, 1.807) is 0 Å². The predicted octanol–water partition coefficient (Wildman–Crippen LogP) is 0.625. The molecule has 3 heteroatoms. The van der Waals surface area contributed by atoms with Gasteiger partial charge >= 0.3 is 0 Å². The topological polar surface area (TPSA) is 79.1 Å². The minimum absolute atomic E-state index is 0. The van der Waals surface area contributed by atoms with Crippen molar-refractivity contribution < 1.29 is 5.48 Å². The van der Waals surface area contributed by atoms with Crippen LogP contribution < -0.4 is 0 Å². The number of hydrogen-bond acceptors (Lipinski definition) is 2. The molecule has 0 aliphatic heterocycles. The zero-order valence-corrected chi connectivity index (χ0v) is 5.39. The van der Waals surface area contributed by atoms with Crippen LogP contribution in [0, 0.1) is 28.6 Å². The Hall–Kier alpha value is -1.06. The van der Waals surface area contributed by atoms with Crippen molar-refractivity contribution >= 4 is 0 Å². The van der Waals surface area contributed by atoms with Gasteiger partial charge in [-0.1, -0.05) is 0 Å². The Labute approximate surface area is 54.8 Å². The molecule has 0 bridgehead atoms. The van der Waals surface area contributed by atoms with Crippen LogP contribution in [0.25, 0.3) is 0 Å². The summed E-state index contributed by atoms with van der Waals surface area (Å²) >= 11 is 0. The average Bonchev–Trinajstić information content (AvgIpc) is 1.83. The van der Waals surface area contributed by atoms with E-state index in [0.717, 1.165) is 0 Å². The smallest absolute Gasteiger partial charge is 0.0653 e. The third-order valence-electron chi connectivity index (χ3n) is 0.910. The minimum atomic E-state index is 0. The molecule has 1 unspecified atom stereocenters. The largest absolute Gasteiger partial charge is 0.412 e. The fourth-order valence-electron chi connectivity index (χ4n) is 0.346. The lowest BCUT2D eigenvalue weighted by Crippen LogP contribution is -1.86. The minimum Gasteiger partial charge on any atom is -0.412 e. The van der Waals surface area contributed by atoms with E-state index in [9.17, 15) is 0 Å². The molecule has 0 spiro atoms. The first-order valence-electron chi connectivity index (χ1n) is 2.58. The van der Waals surface area contributed by atoms with Crippen LogP contribution in [0.3, 0.4) is 0 Å². The Balaban J connectivity index is 0. The van der Waals surface area contributed by atoms with Crippen LogP contribution in [0.2, 0.25) is 0 Å². The molecular weight excluding hydrogens is 116 g/mol. The standard InChI is InChI=1S/C6H8N2.H2O/c1-6(5-8)3-2-4-7;/h6H,2-3H2,1H3;1H2. The predicted molar refractivity (Wildman–Crippen MR) is 33.2 cm³/mol. The molecule has 50 valence electrons. The maximum atomic E-state index is 8.20. The van der Waals surface area contributed by atoms with E-state index in [1.807, 2.05) is 19.1 Å². The van der Waals surface area contributed by atoms with Gasteiger partial charge in [-0.25, -0.2) is 0 Å². The lowest BCUT2D eigenvalue weighted by molar-refractivity contribution is 0.675. The number of rotatable bonds is 2. The summed E-state index contributed by atoms with van der Waals surface area (Å²) in [6, 6.07) is 4.03. The van der Waals surface area contributed by atoms with Crippen molar-refractivity contribution in [3.63, 3.8) is 0 Å². The second-order valence-electron chi connectivity index (χ2n) is 1.73. The lowest BCUT2D eigenvalue weighted by atomic mass is 10.1. The molecule has 0 aliphatic carbocycles. The zero-order valence-electron chi connectivity index (χ0n) is 5.39. The first-order chi connectivity index (χ1) is 3.81. The molecule has 0 saturated heterocycles. The maximum Gasteiger partial charge on any atom is 0.0653 e. The van der Waals surface area contributed by atoms with Crippen molar-refractivity contribution in [1.29, 1.82) is 10.5 Å². The number of nitrogens with zero attached hydrogens (tertiary/aromatic N) is 2. The van der Waals surface area contributed by atoms with E-state index in [4.69, 9.17) is 10.5 Å². The Morgan fingerprint density at radius 2 is 2.00 bits per heavy atom. The molecule has 0 radical (unpaired) electrons. The molecule has 0 rings (SSSR count). The van der Waals surface area contributed by atoms with Crippen molar-refractivity contribution in [2.45, 2.75) is 19.8 Å². The highest BCUT2D eigenvalue weighted by molar-refractivity contribution is 4.82. The summed E-state index contributed by atoms with van der Waals surface area (Å²) in [5.74, 6) is 0.0367. The molecular formula is C6H10N2O. The summed E-state index contributed by atoms with van der Waals surface area (Å²) in [6.45, 7) is 1.82. The van der Waals surface area contributed by atoms with Crippen molar-refractivity contribution in [3.8, 4) is 12.1 Å². The van der Waals surface area contributed by atoms with E-state index >= 15 is 0 Å². The highest BCUT2D eigenvalue weighted by atomic mass is 16.0. The van der Waals surface area contributed by atoms with Gasteiger partial charge in [0.2, 0.25) is 0 Å². The molecule has 0 fully saturated rings.